The summed E-state index contributed by atoms with van der Waals surface area (Å²) >= 11 is 0. The standard InChI is InChI=1S/C15H11F3O2/c16-11-7-13(18)12(17)6-10(11)14(19)9-3-1-2-8-4-5-20-15(8)9/h1-3,6-7,14,19H,4-5H2. The summed E-state index contributed by atoms with van der Waals surface area (Å²) in [5.74, 6) is -2.99. The summed E-state index contributed by atoms with van der Waals surface area (Å²) in [6.45, 7) is 0.485. The lowest BCUT2D eigenvalue weighted by Crippen LogP contribution is -2.06. The normalized spacial score (nSPS) is 14.8. The van der Waals surface area contributed by atoms with Crippen molar-refractivity contribution < 1.29 is 23.0 Å². The smallest absolute Gasteiger partial charge is 0.161 e. The molecule has 1 aliphatic heterocycles. The molecule has 0 saturated heterocycles. The monoisotopic (exact) mass is 280 g/mol. The molecule has 2 aromatic carbocycles. The van der Waals surface area contributed by atoms with Crippen LogP contribution < -0.4 is 4.74 Å². The first-order chi connectivity index (χ1) is 9.58. The summed E-state index contributed by atoms with van der Waals surface area (Å²) in [4.78, 5) is 0. The third kappa shape index (κ3) is 2.04. The predicted molar refractivity (Wildman–Crippen MR) is 66.0 cm³/mol. The van der Waals surface area contributed by atoms with Crippen molar-refractivity contribution >= 4 is 0 Å². The average Bonchev–Trinajstić information content (AvgIpc) is 2.90. The van der Waals surface area contributed by atoms with Crippen molar-refractivity contribution in [2.24, 2.45) is 0 Å². The van der Waals surface area contributed by atoms with E-state index in [9.17, 15) is 18.3 Å². The van der Waals surface area contributed by atoms with Crippen molar-refractivity contribution in [3.8, 4) is 5.75 Å². The third-order valence-electron chi connectivity index (χ3n) is 3.37. The lowest BCUT2D eigenvalue weighted by atomic mass is 9.97. The average molecular weight is 280 g/mol. The van der Waals surface area contributed by atoms with Gasteiger partial charge in [-0.1, -0.05) is 18.2 Å². The summed E-state index contributed by atoms with van der Waals surface area (Å²) in [7, 11) is 0. The van der Waals surface area contributed by atoms with Gasteiger partial charge in [-0.25, -0.2) is 13.2 Å². The van der Waals surface area contributed by atoms with Crippen LogP contribution in [0.4, 0.5) is 13.2 Å². The van der Waals surface area contributed by atoms with Crippen LogP contribution in [-0.4, -0.2) is 11.7 Å². The van der Waals surface area contributed by atoms with Gasteiger partial charge in [0.05, 0.1) is 6.61 Å². The van der Waals surface area contributed by atoms with Gasteiger partial charge in [-0.2, -0.15) is 0 Å². The van der Waals surface area contributed by atoms with E-state index in [0.717, 1.165) is 5.56 Å². The molecule has 0 aromatic heterocycles. The fraction of sp³-hybridized carbons (Fsp3) is 0.200. The zero-order chi connectivity index (χ0) is 14.3. The van der Waals surface area contributed by atoms with Gasteiger partial charge in [0.25, 0.3) is 0 Å². The van der Waals surface area contributed by atoms with E-state index < -0.39 is 23.6 Å². The summed E-state index contributed by atoms with van der Waals surface area (Å²) < 4.78 is 45.3. The molecule has 104 valence electrons. The van der Waals surface area contributed by atoms with Crippen molar-refractivity contribution in [2.45, 2.75) is 12.5 Å². The van der Waals surface area contributed by atoms with Gasteiger partial charge >= 0.3 is 0 Å². The molecule has 0 saturated carbocycles. The second-order valence-corrected chi connectivity index (χ2v) is 4.62. The summed E-state index contributed by atoms with van der Waals surface area (Å²) in [5, 5.41) is 10.2. The molecular weight excluding hydrogens is 269 g/mol. The Balaban J connectivity index is 2.08. The Labute approximate surface area is 113 Å². The fourth-order valence-corrected chi connectivity index (χ4v) is 2.37. The molecule has 1 unspecified atom stereocenters. The number of hydrogen-bond acceptors (Lipinski definition) is 2. The SMILES string of the molecule is OC(c1cc(F)c(F)cc1F)c1cccc2c1OCC2. The highest BCUT2D eigenvalue weighted by Gasteiger charge is 2.24. The van der Waals surface area contributed by atoms with Gasteiger partial charge in [-0.05, 0) is 11.6 Å². The maximum absolute atomic E-state index is 13.7. The van der Waals surface area contributed by atoms with Crippen LogP contribution in [0.5, 0.6) is 5.75 Å². The molecule has 0 amide bonds. The Morgan fingerprint density at radius 2 is 1.75 bits per heavy atom. The quantitative estimate of drug-likeness (QED) is 0.856. The number of benzene rings is 2. The predicted octanol–water partition coefficient (Wildman–Crippen LogP) is 3.12. The highest BCUT2D eigenvalue weighted by atomic mass is 19.2. The lowest BCUT2D eigenvalue weighted by molar-refractivity contribution is 0.207. The molecule has 1 heterocycles. The number of rotatable bonds is 2. The van der Waals surface area contributed by atoms with Gasteiger partial charge in [-0.15, -0.1) is 0 Å². The molecule has 1 atom stereocenters. The van der Waals surface area contributed by atoms with Crippen molar-refractivity contribution in [1.82, 2.24) is 0 Å². The molecule has 0 fully saturated rings. The van der Waals surface area contributed by atoms with E-state index in [2.05, 4.69) is 0 Å². The summed E-state index contributed by atoms with van der Waals surface area (Å²) in [6, 6.07) is 6.24. The molecule has 1 aliphatic rings. The zero-order valence-electron chi connectivity index (χ0n) is 10.4. The Hall–Kier alpha value is -2.01. The second kappa shape index (κ2) is 4.83. The number of aliphatic hydroxyl groups is 1. The second-order valence-electron chi connectivity index (χ2n) is 4.62. The first kappa shape index (κ1) is 13.0. The molecule has 0 spiro atoms. The Morgan fingerprint density at radius 1 is 1.00 bits per heavy atom. The van der Waals surface area contributed by atoms with E-state index in [1.807, 2.05) is 6.07 Å². The molecule has 20 heavy (non-hydrogen) atoms. The van der Waals surface area contributed by atoms with Crippen molar-refractivity contribution in [1.29, 1.82) is 0 Å². The van der Waals surface area contributed by atoms with E-state index in [1.165, 1.54) is 0 Å². The van der Waals surface area contributed by atoms with E-state index in [-0.39, 0.29) is 5.56 Å². The molecular formula is C15H11F3O2. The minimum absolute atomic E-state index is 0.312. The first-order valence-corrected chi connectivity index (χ1v) is 6.15. The fourth-order valence-electron chi connectivity index (χ4n) is 2.37. The van der Waals surface area contributed by atoms with Crippen molar-refractivity contribution in [2.75, 3.05) is 6.61 Å². The Morgan fingerprint density at radius 3 is 2.55 bits per heavy atom. The van der Waals surface area contributed by atoms with Gasteiger partial charge < -0.3 is 9.84 Å². The van der Waals surface area contributed by atoms with E-state index >= 15 is 0 Å². The van der Waals surface area contributed by atoms with Crippen molar-refractivity contribution in [3.05, 3.63) is 64.5 Å². The van der Waals surface area contributed by atoms with Crippen LogP contribution >= 0.6 is 0 Å². The van der Waals surface area contributed by atoms with Gasteiger partial charge in [-0.3, -0.25) is 0 Å². The highest BCUT2D eigenvalue weighted by molar-refractivity contribution is 5.48. The largest absolute Gasteiger partial charge is 0.493 e. The lowest BCUT2D eigenvalue weighted by Gasteiger charge is -2.16. The maximum Gasteiger partial charge on any atom is 0.161 e. The zero-order valence-corrected chi connectivity index (χ0v) is 10.4. The van der Waals surface area contributed by atoms with E-state index in [4.69, 9.17) is 4.74 Å². The molecule has 1 N–H and O–H groups in total. The number of para-hydroxylation sites is 1. The number of ether oxygens (including phenoxy) is 1. The molecule has 3 rings (SSSR count). The van der Waals surface area contributed by atoms with E-state index in [1.54, 1.807) is 12.1 Å². The summed E-state index contributed by atoms with van der Waals surface area (Å²) in [5.41, 5.74) is 0.947. The molecule has 5 heteroatoms. The topological polar surface area (TPSA) is 29.5 Å². The minimum Gasteiger partial charge on any atom is -0.493 e. The number of hydrogen-bond donors (Lipinski definition) is 1. The van der Waals surface area contributed by atoms with Crippen LogP contribution in [0.25, 0.3) is 0 Å². The summed E-state index contributed by atoms with van der Waals surface area (Å²) in [6.07, 6.45) is -0.700. The van der Waals surface area contributed by atoms with Crippen molar-refractivity contribution in [3.63, 3.8) is 0 Å². The Kier molecular flexibility index (Phi) is 3.14. The Bertz CT molecular complexity index is 670. The van der Waals surface area contributed by atoms with Gasteiger partial charge in [0.15, 0.2) is 11.6 Å². The number of aliphatic hydroxyl groups excluding tert-OH is 1. The minimum atomic E-state index is -1.40. The number of halogens is 3. The van der Waals surface area contributed by atoms with Crippen LogP contribution in [0, 0.1) is 17.5 Å². The first-order valence-electron chi connectivity index (χ1n) is 6.15. The maximum atomic E-state index is 13.7. The van der Waals surface area contributed by atoms with E-state index in [0.29, 0.717) is 36.5 Å². The molecule has 0 aliphatic carbocycles. The van der Waals surface area contributed by atoms with Crippen LogP contribution in [0.2, 0.25) is 0 Å². The third-order valence-corrected chi connectivity index (χ3v) is 3.37. The van der Waals surface area contributed by atoms with Gasteiger partial charge in [0, 0.05) is 23.6 Å². The van der Waals surface area contributed by atoms with Crippen LogP contribution in [0.3, 0.4) is 0 Å². The van der Waals surface area contributed by atoms with Crippen LogP contribution in [0.15, 0.2) is 30.3 Å². The molecule has 2 aromatic rings. The van der Waals surface area contributed by atoms with Gasteiger partial charge in [0.1, 0.15) is 17.7 Å². The van der Waals surface area contributed by atoms with Crippen LogP contribution in [0.1, 0.15) is 22.8 Å². The highest BCUT2D eigenvalue weighted by Crippen LogP contribution is 2.37. The number of fused-ring (bicyclic) bond motifs is 1. The molecule has 2 nitrogen and oxygen atoms in total. The van der Waals surface area contributed by atoms with Gasteiger partial charge in [0.2, 0.25) is 0 Å². The molecule has 0 bridgehead atoms. The molecule has 0 radical (unpaired) electrons. The van der Waals surface area contributed by atoms with Crippen LogP contribution in [-0.2, 0) is 6.42 Å².